The van der Waals surface area contributed by atoms with Gasteiger partial charge in [0.2, 0.25) is 5.95 Å². The third-order valence-corrected chi connectivity index (χ3v) is 4.95. The lowest BCUT2D eigenvalue weighted by Gasteiger charge is -2.12. The van der Waals surface area contributed by atoms with Crippen LogP contribution in [0.4, 0.5) is 11.6 Å². The average Bonchev–Trinajstić information content (AvgIpc) is 3.15. The summed E-state index contributed by atoms with van der Waals surface area (Å²) in [5, 5.41) is 4.40. The highest BCUT2D eigenvalue weighted by Gasteiger charge is 2.14. The standard InChI is InChI=1S/C23H25N5O2/c1-15(2)28-13-18(17-7-9-24-12-21(17)28)19-8-10-25-23(26-19)27-20-11-16(14-29-3)5-6-22(20)30-4/h5-13,15H,14H2,1-4H3,(H,25,26,27). The lowest BCUT2D eigenvalue weighted by molar-refractivity contribution is 0.185. The summed E-state index contributed by atoms with van der Waals surface area (Å²) in [6, 6.07) is 10.1. The van der Waals surface area contributed by atoms with Gasteiger partial charge in [-0.15, -0.1) is 0 Å². The molecule has 0 spiro atoms. The molecule has 0 fully saturated rings. The third-order valence-electron chi connectivity index (χ3n) is 4.95. The van der Waals surface area contributed by atoms with Gasteiger partial charge in [-0.05, 0) is 43.7 Å². The number of ether oxygens (including phenoxy) is 2. The Morgan fingerprint density at radius 3 is 2.73 bits per heavy atom. The quantitative estimate of drug-likeness (QED) is 0.469. The van der Waals surface area contributed by atoms with Crippen LogP contribution in [0.2, 0.25) is 0 Å². The van der Waals surface area contributed by atoms with Crippen molar-refractivity contribution in [1.29, 1.82) is 0 Å². The van der Waals surface area contributed by atoms with Crippen molar-refractivity contribution in [1.82, 2.24) is 19.5 Å². The topological polar surface area (TPSA) is 74.1 Å². The Kier molecular flexibility index (Phi) is 5.63. The molecule has 1 N–H and O–H groups in total. The molecule has 1 aromatic carbocycles. The van der Waals surface area contributed by atoms with E-state index in [0.29, 0.717) is 24.3 Å². The van der Waals surface area contributed by atoms with Crippen molar-refractivity contribution < 1.29 is 9.47 Å². The molecule has 4 rings (SSSR count). The molecule has 3 aromatic heterocycles. The van der Waals surface area contributed by atoms with Gasteiger partial charge >= 0.3 is 0 Å². The second-order valence-corrected chi connectivity index (χ2v) is 7.29. The van der Waals surface area contributed by atoms with E-state index in [9.17, 15) is 0 Å². The fourth-order valence-corrected chi connectivity index (χ4v) is 3.53. The Hall–Kier alpha value is -3.45. The summed E-state index contributed by atoms with van der Waals surface area (Å²) in [7, 11) is 3.32. The number of hydrogen-bond donors (Lipinski definition) is 1. The number of anilines is 2. The highest BCUT2D eigenvalue weighted by Crippen LogP contribution is 2.32. The average molecular weight is 403 g/mol. The maximum atomic E-state index is 5.48. The maximum absolute atomic E-state index is 5.48. The number of aromatic nitrogens is 4. The van der Waals surface area contributed by atoms with Crippen LogP contribution in [0.25, 0.3) is 22.2 Å². The molecule has 30 heavy (non-hydrogen) atoms. The van der Waals surface area contributed by atoms with Crippen LogP contribution in [0.5, 0.6) is 5.75 Å². The van der Waals surface area contributed by atoms with E-state index >= 15 is 0 Å². The van der Waals surface area contributed by atoms with Crippen LogP contribution in [-0.2, 0) is 11.3 Å². The number of fused-ring (bicyclic) bond motifs is 1. The van der Waals surface area contributed by atoms with E-state index in [1.165, 1.54) is 0 Å². The molecule has 0 aliphatic heterocycles. The number of rotatable bonds is 7. The van der Waals surface area contributed by atoms with E-state index in [1.807, 2.05) is 42.7 Å². The largest absolute Gasteiger partial charge is 0.495 e. The summed E-state index contributed by atoms with van der Waals surface area (Å²) < 4.78 is 12.9. The molecule has 0 radical (unpaired) electrons. The van der Waals surface area contributed by atoms with Gasteiger partial charge in [-0.3, -0.25) is 4.98 Å². The predicted octanol–water partition coefficient (Wildman–Crippen LogP) is 4.97. The van der Waals surface area contributed by atoms with Gasteiger partial charge in [0.05, 0.1) is 36.8 Å². The summed E-state index contributed by atoms with van der Waals surface area (Å²) in [5.74, 6) is 1.21. The van der Waals surface area contributed by atoms with Gasteiger partial charge in [0.1, 0.15) is 5.75 Å². The van der Waals surface area contributed by atoms with Gasteiger partial charge in [-0.1, -0.05) is 6.07 Å². The minimum atomic E-state index is 0.317. The van der Waals surface area contributed by atoms with Gasteiger partial charge in [-0.25, -0.2) is 9.97 Å². The molecule has 0 unspecified atom stereocenters. The fraction of sp³-hybridized carbons (Fsp3) is 0.261. The molecule has 7 nitrogen and oxygen atoms in total. The molecule has 0 saturated carbocycles. The monoisotopic (exact) mass is 403 g/mol. The van der Waals surface area contributed by atoms with Crippen molar-refractivity contribution >= 4 is 22.5 Å². The Balaban J connectivity index is 1.73. The summed E-state index contributed by atoms with van der Waals surface area (Å²) in [5.41, 5.74) is 4.80. The Bertz CT molecular complexity index is 1170. The van der Waals surface area contributed by atoms with Crippen molar-refractivity contribution in [2.45, 2.75) is 26.5 Å². The van der Waals surface area contributed by atoms with Crippen LogP contribution in [0.1, 0.15) is 25.5 Å². The van der Waals surface area contributed by atoms with Gasteiger partial charge < -0.3 is 19.4 Å². The summed E-state index contributed by atoms with van der Waals surface area (Å²) in [6.45, 7) is 4.83. The van der Waals surface area contributed by atoms with Crippen LogP contribution in [0, 0.1) is 0 Å². The van der Waals surface area contributed by atoms with Crippen LogP contribution < -0.4 is 10.1 Å². The molecule has 0 saturated heterocycles. The first-order valence-electron chi connectivity index (χ1n) is 9.81. The molecule has 0 aliphatic carbocycles. The lowest BCUT2D eigenvalue weighted by Crippen LogP contribution is -2.01. The van der Waals surface area contributed by atoms with Crippen molar-refractivity contribution in [2.24, 2.45) is 0 Å². The van der Waals surface area contributed by atoms with Crippen LogP contribution in [-0.4, -0.2) is 33.7 Å². The molecule has 4 aromatic rings. The van der Waals surface area contributed by atoms with E-state index < -0.39 is 0 Å². The van der Waals surface area contributed by atoms with E-state index in [4.69, 9.17) is 14.5 Å². The first-order chi connectivity index (χ1) is 14.6. The molecule has 0 atom stereocenters. The first-order valence-corrected chi connectivity index (χ1v) is 9.81. The van der Waals surface area contributed by atoms with Crippen LogP contribution in [0.3, 0.4) is 0 Å². The fourth-order valence-electron chi connectivity index (χ4n) is 3.53. The second-order valence-electron chi connectivity index (χ2n) is 7.29. The minimum Gasteiger partial charge on any atom is -0.495 e. The molecule has 0 bridgehead atoms. The van der Waals surface area contributed by atoms with Crippen molar-refractivity contribution in [3.05, 3.63) is 60.7 Å². The van der Waals surface area contributed by atoms with E-state index in [-0.39, 0.29) is 0 Å². The summed E-state index contributed by atoms with van der Waals surface area (Å²) in [6.07, 6.45) is 7.59. The smallest absolute Gasteiger partial charge is 0.227 e. The van der Waals surface area contributed by atoms with E-state index in [2.05, 4.69) is 39.9 Å². The van der Waals surface area contributed by atoms with E-state index in [1.54, 1.807) is 20.4 Å². The summed E-state index contributed by atoms with van der Waals surface area (Å²) >= 11 is 0. The molecule has 7 heteroatoms. The second kappa shape index (κ2) is 8.51. The summed E-state index contributed by atoms with van der Waals surface area (Å²) in [4.78, 5) is 13.5. The Labute approximate surface area is 175 Å². The third kappa shape index (κ3) is 3.84. The molecule has 0 amide bonds. The van der Waals surface area contributed by atoms with Crippen molar-refractivity contribution in [3.8, 4) is 17.0 Å². The van der Waals surface area contributed by atoms with Crippen LogP contribution in [0.15, 0.2) is 55.1 Å². The van der Waals surface area contributed by atoms with Crippen molar-refractivity contribution in [2.75, 3.05) is 19.5 Å². The van der Waals surface area contributed by atoms with Crippen LogP contribution >= 0.6 is 0 Å². The molecular formula is C23H25N5O2. The molecule has 3 heterocycles. The number of nitrogens with zero attached hydrogens (tertiary/aromatic N) is 4. The Morgan fingerprint density at radius 1 is 1.10 bits per heavy atom. The number of benzene rings is 1. The zero-order valence-corrected chi connectivity index (χ0v) is 17.6. The first kappa shape index (κ1) is 19.8. The van der Waals surface area contributed by atoms with Gasteiger partial charge in [0, 0.05) is 42.7 Å². The predicted molar refractivity (Wildman–Crippen MR) is 118 cm³/mol. The number of hydrogen-bond acceptors (Lipinski definition) is 6. The molecule has 154 valence electrons. The normalized spacial score (nSPS) is 11.2. The number of pyridine rings is 1. The lowest BCUT2D eigenvalue weighted by atomic mass is 10.1. The minimum absolute atomic E-state index is 0.317. The van der Waals surface area contributed by atoms with Gasteiger partial charge in [0.15, 0.2) is 0 Å². The van der Waals surface area contributed by atoms with Gasteiger partial charge in [-0.2, -0.15) is 0 Å². The van der Waals surface area contributed by atoms with Crippen molar-refractivity contribution in [3.63, 3.8) is 0 Å². The SMILES string of the molecule is COCc1ccc(OC)c(Nc2nccc(-c3cn(C(C)C)c4cnccc34)n2)c1. The number of methoxy groups -OCH3 is 2. The van der Waals surface area contributed by atoms with Gasteiger partial charge in [0.25, 0.3) is 0 Å². The highest BCUT2D eigenvalue weighted by atomic mass is 16.5. The zero-order valence-electron chi connectivity index (χ0n) is 17.6. The van der Waals surface area contributed by atoms with E-state index in [0.717, 1.165) is 33.4 Å². The highest BCUT2D eigenvalue weighted by molar-refractivity contribution is 5.94. The number of nitrogens with one attached hydrogen (secondary N) is 1. The molecular weight excluding hydrogens is 378 g/mol. The maximum Gasteiger partial charge on any atom is 0.227 e. The zero-order chi connectivity index (χ0) is 21.1. The molecule has 0 aliphatic rings. The Morgan fingerprint density at radius 2 is 1.97 bits per heavy atom.